The molecule has 0 aromatic heterocycles. The largest absolute Gasteiger partial charge is 0.497 e. The van der Waals surface area contributed by atoms with Crippen molar-refractivity contribution in [2.45, 2.75) is 0 Å². The molecule has 2 heteroatoms. The van der Waals surface area contributed by atoms with E-state index in [1.54, 1.807) is 7.11 Å². The quantitative estimate of drug-likeness (QED) is 0.509. The summed E-state index contributed by atoms with van der Waals surface area (Å²) in [6.45, 7) is 0. The molecule has 0 N–H and O–H groups in total. The fourth-order valence-electron chi connectivity index (χ4n) is 0.591. The van der Waals surface area contributed by atoms with Crippen LogP contribution in [0.4, 0.5) is 0 Å². The Hall–Kier alpha value is -0.763. The van der Waals surface area contributed by atoms with Crippen molar-refractivity contribution in [3.63, 3.8) is 0 Å². The molecule has 0 aliphatic heterocycles. The minimum Gasteiger partial charge on any atom is -0.497 e. The van der Waals surface area contributed by atoms with Crippen LogP contribution in [0.2, 0.25) is 0 Å². The van der Waals surface area contributed by atoms with Crippen molar-refractivity contribution in [1.82, 2.24) is 0 Å². The van der Waals surface area contributed by atoms with E-state index in [1.165, 1.54) is 0 Å². The van der Waals surface area contributed by atoms with E-state index in [2.05, 4.69) is 10.2 Å². The van der Waals surface area contributed by atoms with Gasteiger partial charge in [-0.1, -0.05) is 17.3 Å². The molecule has 0 bridgehead atoms. The molecule has 0 atom stereocenters. The summed E-state index contributed by atoms with van der Waals surface area (Å²) in [6, 6.07) is 7.69. The maximum atomic E-state index is 4.95. The zero-order chi connectivity index (χ0) is 6.69. The number of hydrogen-bond acceptors (Lipinski definition) is 1. The summed E-state index contributed by atoms with van der Waals surface area (Å²) in [6.07, 6.45) is 0. The first-order chi connectivity index (χ1) is 4.33. The fraction of sp³-hybridized carbons (Fsp3) is 0.143. The van der Waals surface area contributed by atoms with Crippen LogP contribution in [-0.4, -0.2) is 17.4 Å². The maximum absolute atomic E-state index is 4.95. The summed E-state index contributed by atoms with van der Waals surface area (Å²) in [5, 5.41) is 1.07. The van der Waals surface area contributed by atoms with E-state index in [9.17, 15) is 0 Å². The molecular weight excluding hydrogens is 128 g/mol. The van der Waals surface area contributed by atoms with Gasteiger partial charge in [0.25, 0.3) is 0 Å². The number of ether oxygens (including phenoxy) is 1. The molecule has 1 nitrogen and oxygen atoms in total. The van der Waals surface area contributed by atoms with Gasteiger partial charge in [-0.05, 0) is 12.1 Å². The van der Waals surface area contributed by atoms with Crippen LogP contribution in [0.15, 0.2) is 24.3 Å². The van der Waals surface area contributed by atoms with Crippen molar-refractivity contribution < 1.29 is 4.74 Å². The van der Waals surface area contributed by atoms with Crippen molar-refractivity contribution in [1.29, 1.82) is 0 Å². The van der Waals surface area contributed by atoms with E-state index >= 15 is 0 Å². The standard InChI is InChI=1S/C7H7OSi/c1-8-6-2-4-7(9)5-3-6/h2-5H,1H3. The van der Waals surface area contributed by atoms with Crippen LogP contribution >= 0.6 is 0 Å². The second-order valence-corrected chi connectivity index (χ2v) is 2.31. The van der Waals surface area contributed by atoms with Crippen LogP contribution in [0, 0.1) is 0 Å². The Morgan fingerprint density at radius 1 is 1.22 bits per heavy atom. The number of benzene rings is 1. The fourth-order valence-corrected chi connectivity index (χ4v) is 0.758. The van der Waals surface area contributed by atoms with E-state index in [0.717, 1.165) is 10.9 Å². The van der Waals surface area contributed by atoms with Crippen LogP contribution < -0.4 is 9.92 Å². The Morgan fingerprint density at radius 3 is 2.22 bits per heavy atom. The molecular formula is C7H7OSi. The van der Waals surface area contributed by atoms with Crippen molar-refractivity contribution in [3.8, 4) is 5.75 Å². The highest BCUT2D eigenvalue weighted by molar-refractivity contribution is 6.32. The van der Waals surface area contributed by atoms with Gasteiger partial charge < -0.3 is 4.74 Å². The number of rotatable bonds is 1. The smallest absolute Gasteiger partial charge is 0.118 e. The third-order valence-corrected chi connectivity index (χ3v) is 1.42. The summed E-state index contributed by atoms with van der Waals surface area (Å²) in [5.41, 5.74) is 0. The predicted octanol–water partition coefficient (Wildman–Crippen LogP) is 0.489. The molecule has 0 amide bonds. The van der Waals surface area contributed by atoms with Gasteiger partial charge in [0.1, 0.15) is 5.75 Å². The van der Waals surface area contributed by atoms with Gasteiger partial charge >= 0.3 is 0 Å². The van der Waals surface area contributed by atoms with Gasteiger partial charge in [0.15, 0.2) is 0 Å². The van der Waals surface area contributed by atoms with Gasteiger partial charge in [-0.2, -0.15) is 0 Å². The molecule has 0 saturated heterocycles. The molecule has 0 spiro atoms. The minimum absolute atomic E-state index is 0.886. The van der Waals surface area contributed by atoms with Crippen molar-refractivity contribution in [2.75, 3.05) is 7.11 Å². The first-order valence-corrected chi connectivity index (χ1v) is 3.18. The lowest BCUT2D eigenvalue weighted by Crippen LogP contribution is -1.99. The molecule has 1 aromatic rings. The van der Waals surface area contributed by atoms with Gasteiger partial charge in [-0.15, -0.1) is 0 Å². The Balaban J connectivity index is 2.88. The highest BCUT2D eigenvalue weighted by Crippen LogP contribution is 2.04. The van der Waals surface area contributed by atoms with Crippen LogP contribution in [0.3, 0.4) is 0 Å². The monoisotopic (exact) mass is 135 g/mol. The first-order valence-electron chi connectivity index (χ1n) is 2.68. The van der Waals surface area contributed by atoms with Gasteiger partial charge in [0, 0.05) is 0 Å². The molecule has 0 heterocycles. The van der Waals surface area contributed by atoms with Crippen molar-refractivity contribution in [2.24, 2.45) is 0 Å². The molecule has 0 aliphatic rings. The van der Waals surface area contributed by atoms with Gasteiger partial charge in [0.05, 0.1) is 17.4 Å². The molecule has 0 unspecified atom stereocenters. The molecule has 3 radical (unpaired) electrons. The first kappa shape index (κ1) is 6.36. The van der Waals surface area contributed by atoms with Crippen LogP contribution in [0.25, 0.3) is 0 Å². The summed E-state index contributed by atoms with van der Waals surface area (Å²) in [5.74, 6) is 0.886. The van der Waals surface area contributed by atoms with E-state index in [1.807, 2.05) is 24.3 Å². The molecule has 0 aliphatic carbocycles. The number of methoxy groups -OCH3 is 1. The second-order valence-electron chi connectivity index (χ2n) is 1.73. The number of hydrogen-bond donors (Lipinski definition) is 0. The molecule has 0 fully saturated rings. The summed E-state index contributed by atoms with van der Waals surface area (Å²) < 4.78 is 4.95. The van der Waals surface area contributed by atoms with Gasteiger partial charge in [0.2, 0.25) is 0 Å². The molecule has 1 rings (SSSR count). The summed E-state index contributed by atoms with van der Waals surface area (Å²) in [4.78, 5) is 0. The van der Waals surface area contributed by atoms with Crippen LogP contribution in [-0.2, 0) is 0 Å². The lowest BCUT2D eigenvalue weighted by molar-refractivity contribution is 0.415. The third kappa shape index (κ3) is 1.57. The Kier molecular flexibility index (Phi) is 1.90. The van der Waals surface area contributed by atoms with E-state index < -0.39 is 0 Å². The average Bonchev–Trinajstić information content (AvgIpc) is 1.90. The predicted molar refractivity (Wildman–Crippen MR) is 38.4 cm³/mol. The van der Waals surface area contributed by atoms with Crippen molar-refractivity contribution >= 4 is 15.4 Å². The molecule has 45 valence electrons. The zero-order valence-corrected chi connectivity index (χ0v) is 6.22. The van der Waals surface area contributed by atoms with Crippen LogP contribution in [0.1, 0.15) is 0 Å². The van der Waals surface area contributed by atoms with Gasteiger partial charge in [-0.25, -0.2) is 0 Å². The van der Waals surface area contributed by atoms with E-state index in [0.29, 0.717) is 0 Å². The third-order valence-electron chi connectivity index (χ3n) is 1.09. The SMILES string of the molecule is COc1ccc([Si])cc1. The second kappa shape index (κ2) is 2.69. The van der Waals surface area contributed by atoms with E-state index in [4.69, 9.17) is 4.74 Å². The lowest BCUT2D eigenvalue weighted by Gasteiger charge is -1.97. The van der Waals surface area contributed by atoms with Gasteiger partial charge in [-0.3, -0.25) is 0 Å². The molecule has 9 heavy (non-hydrogen) atoms. The highest BCUT2D eigenvalue weighted by atomic mass is 28.1. The molecule has 1 aromatic carbocycles. The summed E-state index contributed by atoms with van der Waals surface area (Å²) >= 11 is 0. The van der Waals surface area contributed by atoms with Crippen molar-refractivity contribution in [3.05, 3.63) is 24.3 Å². The minimum atomic E-state index is 0.886. The highest BCUT2D eigenvalue weighted by Gasteiger charge is 1.85. The topological polar surface area (TPSA) is 9.23 Å². The maximum Gasteiger partial charge on any atom is 0.118 e. The lowest BCUT2D eigenvalue weighted by atomic mass is 10.3. The average molecular weight is 135 g/mol. The normalized spacial score (nSPS) is 9.11. The molecule has 0 saturated carbocycles. The Labute approximate surface area is 58.1 Å². The van der Waals surface area contributed by atoms with E-state index in [-0.39, 0.29) is 0 Å². The Bertz CT molecular complexity index is 181. The summed E-state index contributed by atoms with van der Waals surface area (Å²) in [7, 11) is 5.02. The Morgan fingerprint density at radius 2 is 1.78 bits per heavy atom. The zero-order valence-electron chi connectivity index (χ0n) is 5.22. The van der Waals surface area contributed by atoms with Crippen LogP contribution in [0.5, 0.6) is 5.75 Å².